The van der Waals surface area contributed by atoms with Crippen LogP contribution in [-0.2, 0) is 6.54 Å². The Morgan fingerprint density at radius 1 is 0.893 bits per heavy atom. The maximum atomic E-state index is 10.6. The van der Waals surface area contributed by atoms with Crippen molar-refractivity contribution in [3.63, 3.8) is 0 Å². The van der Waals surface area contributed by atoms with Gasteiger partial charge < -0.3 is 19.1 Å². The number of benzene rings is 3. The van der Waals surface area contributed by atoms with Crippen LogP contribution < -0.4 is 9.47 Å². The molecule has 0 saturated heterocycles. The van der Waals surface area contributed by atoms with Crippen molar-refractivity contribution in [3.8, 4) is 11.5 Å². The second kappa shape index (κ2) is 8.15. The zero-order valence-corrected chi connectivity index (χ0v) is 18.4. The number of ether oxygens (including phenoxy) is 2. The van der Waals surface area contributed by atoms with Crippen LogP contribution in [0.25, 0.3) is 21.8 Å². The van der Waals surface area contributed by atoms with Crippen molar-refractivity contribution in [3.05, 3.63) is 69.6 Å². The highest BCUT2D eigenvalue weighted by atomic mass is 79.9. The molecule has 0 fully saturated rings. The van der Waals surface area contributed by atoms with Crippen molar-refractivity contribution in [2.45, 2.75) is 12.6 Å². The van der Waals surface area contributed by atoms with Gasteiger partial charge in [0, 0.05) is 36.8 Å². The molecular formula is C22H19Br2NO3. The van der Waals surface area contributed by atoms with Crippen LogP contribution in [0, 0.1) is 0 Å². The van der Waals surface area contributed by atoms with E-state index < -0.39 is 6.10 Å². The van der Waals surface area contributed by atoms with Crippen LogP contribution in [0.4, 0.5) is 0 Å². The molecule has 4 nitrogen and oxygen atoms in total. The van der Waals surface area contributed by atoms with E-state index in [1.54, 1.807) is 7.11 Å². The number of nitrogens with zero attached hydrogens (tertiary/aromatic N) is 1. The molecule has 0 aliphatic heterocycles. The summed E-state index contributed by atoms with van der Waals surface area (Å²) >= 11 is 7.12. The molecule has 28 heavy (non-hydrogen) atoms. The third-order valence-electron chi connectivity index (χ3n) is 4.67. The van der Waals surface area contributed by atoms with Gasteiger partial charge in [0.2, 0.25) is 0 Å². The van der Waals surface area contributed by atoms with Crippen molar-refractivity contribution in [1.29, 1.82) is 0 Å². The van der Waals surface area contributed by atoms with Crippen LogP contribution >= 0.6 is 31.9 Å². The van der Waals surface area contributed by atoms with Gasteiger partial charge in [-0.3, -0.25) is 0 Å². The Morgan fingerprint density at radius 2 is 1.50 bits per heavy atom. The van der Waals surface area contributed by atoms with Crippen LogP contribution in [0.15, 0.2) is 69.6 Å². The lowest BCUT2D eigenvalue weighted by Gasteiger charge is -2.15. The van der Waals surface area contributed by atoms with Gasteiger partial charge >= 0.3 is 0 Å². The van der Waals surface area contributed by atoms with E-state index in [2.05, 4.69) is 60.7 Å². The molecule has 6 heteroatoms. The number of halogens is 2. The van der Waals surface area contributed by atoms with E-state index in [0.29, 0.717) is 12.3 Å². The highest BCUT2D eigenvalue weighted by Gasteiger charge is 2.15. The van der Waals surface area contributed by atoms with Gasteiger partial charge in [0.25, 0.3) is 0 Å². The second-order valence-electron chi connectivity index (χ2n) is 6.58. The second-order valence-corrected chi connectivity index (χ2v) is 8.41. The fourth-order valence-electron chi connectivity index (χ4n) is 3.39. The first-order chi connectivity index (χ1) is 13.5. The average Bonchev–Trinajstić information content (AvgIpc) is 2.99. The SMILES string of the molecule is COc1cccc(OCC(O)Cn2c3ccc(Br)cc3c3cc(Br)ccc32)c1. The minimum atomic E-state index is -0.655. The Kier molecular flexibility index (Phi) is 5.62. The fraction of sp³-hybridized carbons (Fsp3) is 0.182. The molecule has 0 aliphatic carbocycles. The molecule has 144 valence electrons. The molecule has 1 aromatic heterocycles. The predicted octanol–water partition coefficient (Wildman–Crippen LogP) is 5.77. The molecule has 0 bridgehead atoms. The molecular weight excluding hydrogens is 486 g/mol. The maximum Gasteiger partial charge on any atom is 0.123 e. The Bertz CT molecular complexity index is 1080. The molecule has 0 aliphatic rings. The summed E-state index contributed by atoms with van der Waals surface area (Å²) in [5.74, 6) is 1.40. The minimum Gasteiger partial charge on any atom is -0.497 e. The lowest BCUT2D eigenvalue weighted by Crippen LogP contribution is -2.23. The highest BCUT2D eigenvalue weighted by Crippen LogP contribution is 2.33. The van der Waals surface area contributed by atoms with Gasteiger partial charge in [-0.2, -0.15) is 0 Å². The number of methoxy groups -OCH3 is 1. The standard InChI is InChI=1S/C22H19Br2NO3/c1-27-17-3-2-4-18(11-17)28-13-16(26)12-25-21-7-5-14(23)9-19(21)20-10-15(24)6-8-22(20)25/h2-11,16,26H,12-13H2,1H3. The van der Waals surface area contributed by atoms with Gasteiger partial charge in [-0.25, -0.2) is 0 Å². The van der Waals surface area contributed by atoms with E-state index in [1.165, 1.54) is 0 Å². The number of aliphatic hydroxyl groups excluding tert-OH is 1. The molecule has 0 amide bonds. The summed E-state index contributed by atoms with van der Waals surface area (Å²) < 4.78 is 15.2. The Balaban J connectivity index is 1.61. The summed E-state index contributed by atoms with van der Waals surface area (Å²) in [5.41, 5.74) is 2.16. The minimum absolute atomic E-state index is 0.196. The average molecular weight is 505 g/mol. The first-order valence-corrected chi connectivity index (χ1v) is 10.5. The summed E-state index contributed by atoms with van der Waals surface area (Å²) in [7, 11) is 1.62. The maximum absolute atomic E-state index is 10.6. The molecule has 4 rings (SSSR count). The number of aromatic nitrogens is 1. The van der Waals surface area contributed by atoms with Crippen molar-refractivity contribution in [1.82, 2.24) is 4.57 Å². The van der Waals surface area contributed by atoms with Crippen molar-refractivity contribution in [2.75, 3.05) is 13.7 Å². The summed E-state index contributed by atoms with van der Waals surface area (Å²) in [4.78, 5) is 0. The molecule has 1 atom stereocenters. The van der Waals surface area contributed by atoms with Gasteiger partial charge in [-0.05, 0) is 48.5 Å². The topological polar surface area (TPSA) is 43.6 Å². The molecule has 1 heterocycles. The smallest absolute Gasteiger partial charge is 0.123 e. The summed E-state index contributed by atoms with van der Waals surface area (Å²) in [6.45, 7) is 0.634. The summed E-state index contributed by atoms with van der Waals surface area (Å²) in [6.07, 6.45) is -0.655. The number of hydrogen-bond acceptors (Lipinski definition) is 3. The zero-order valence-electron chi connectivity index (χ0n) is 15.2. The first-order valence-electron chi connectivity index (χ1n) is 8.87. The predicted molar refractivity (Wildman–Crippen MR) is 119 cm³/mol. The van der Waals surface area contributed by atoms with Gasteiger partial charge in [0.05, 0.1) is 13.7 Å². The number of aliphatic hydroxyl groups is 1. The Labute approximate surface area is 179 Å². The molecule has 0 radical (unpaired) electrons. The molecule has 4 aromatic rings. The van der Waals surface area contributed by atoms with Crippen LogP contribution in [0.3, 0.4) is 0 Å². The van der Waals surface area contributed by atoms with Crippen molar-refractivity contribution < 1.29 is 14.6 Å². The summed E-state index contributed by atoms with van der Waals surface area (Å²) in [6, 6.07) is 19.8. The molecule has 1 unspecified atom stereocenters. The third kappa shape index (κ3) is 3.90. The fourth-order valence-corrected chi connectivity index (χ4v) is 4.11. The van der Waals surface area contributed by atoms with Gasteiger partial charge in [-0.15, -0.1) is 0 Å². The zero-order chi connectivity index (χ0) is 19.7. The van der Waals surface area contributed by atoms with Crippen molar-refractivity contribution in [2.24, 2.45) is 0 Å². The van der Waals surface area contributed by atoms with E-state index in [-0.39, 0.29) is 6.61 Å². The van der Waals surface area contributed by atoms with Crippen molar-refractivity contribution >= 4 is 53.7 Å². The normalized spacial score (nSPS) is 12.4. The third-order valence-corrected chi connectivity index (χ3v) is 5.65. The quantitative estimate of drug-likeness (QED) is 0.362. The monoisotopic (exact) mass is 503 g/mol. The Morgan fingerprint density at radius 3 is 2.11 bits per heavy atom. The number of rotatable bonds is 6. The lowest BCUT2D eigenvalue weighted by molar-refractivity contribution is 0.0944. The van der Waals surface area contributed by atoms with E-state index >= 15 is 0 Å². The van der Waals surface area contributed by atoms with Gasteiger partial charge in [0.1, 0.15) is 24.2 Å². The van der Waals surface area contributed by atoms with Crippen LogP contribution in [0.1, 0.15) is 0 Å². The van der Waals surface area contributed by atoms with E-state index in [9.17, 15) is 5.11 Å². The van der Waals surface area contributed by atoms with Crippen LogP contribution in [0.5, 0.6) is 11.5 Å². The summed E-state index contributed by atoms with van der Waals surface area (Å²) in [5, 5.41) is 12.9. The molecule has 3 aromatic carbocycles. The number of hydrogen-bond donors (Lipinski definition) is 1. The Hall–Kier alpha value is -2.02. The molecule has 0 spiro atoms. The van der Waals surface area contributed by atoms with Crippen LogP contribution in [-0.4, -0.2) is 29.5 Å². The van der Waals surface area contributed by atoms with Gasteiger partial charge in [-0.1, -0.05) is 37.9 Å². The number of fused-ring (bicyclic) bond motifs is 3. The largest absolute Gasteiger partial charge is 0.497 e. The lowest BCUT2D eigenvalue weighted by atomic mass is 10.2. The van der Waals surface area contributed by atoms with E-state index in [1.807, 2.05) is 36.4 Å². The first kappa shape index (κ1) is 19.3. The van der Waals surface area contributed by atoms with E-state index in [4.69, 9.17) is 9.47 Å². The molecule has 1 N–H and O–H groups in total. The van der Waals surface area contributed by atoms with Crippen LogP contribution in [0.2, 0.25) is 0 Å². The van der Waals surface area contributed by atoms with Gasteiger partial charge in [0.15, 0.2) is 0 Å². The van der Waals surface area contributed by atoms with E-state index in [0.717, 1.165) is 36.5 Å². The highest BCUT2D eigenvalue weighted by molar-refractivity contribution is 9.10. The molecule has 0 saturated carbocycles.